The maximum Gasteiger partial charge on any atom is 0.276 e. The summed E-state index contributed by atoms with van der Waals surface area (Å²) in [6, 6.07) is 12.7. The summed E-state index contributed by atoms with van der Waals surface area (Å²) < 4.78 is 12.1. The molecular weight excluding hydrogens is 506 g/mol. The van der Waals surface area contributed by atoms with Gasteiger partial charge in [-0.3, -0.25) is 25.8 Å². The van der Waals surface area contributed by atoms with Gasteiger partial charge in [-0.1, -0.05) is 51.3 Å². The Morgan fingerprint density at radius 3 is 2.48 bits per heavy atom. The molecule has 3 N–H and O–H groups in total. The molecule has 0 aliphatic heterocycles. The Labute approximate surface area is 208 Å². The Balaban J connectivity index is 1.77. The van der Waals surface area contributed by atoms with Crippen molar-refractivity contribution in [3.8, 4) is 11.5 Å². The normalized spacial score (nSPS) is 10.3. The predicted octanol–water partition coefficient (Wildman–Crippen LogP) is 4.69. The second-order valence-electron chi connectivity index (χ2n) is 7.27. The van der Waals surface area contributed by atoms with Gasteiger partial charge in [-0.25, -0.2) is 0 Å². The zero-order chi connectivity index (χ0) is 24.1. The van der Waals surface area contributed by atoms with Crippen molar-refractivity contribution in [3.63, 3.8) is 0 Å². The minimum absolute atomic E-state index is 0.0421. The van der Waals surface area contributed by atoms with Gasteiger partial charge < -0.3 is 9.47 Å². The first-order valence-electron chi connectivity index (χ1n) is 11.0. The minimum atomic E-state index is -0.450. The summed E-state index contributed by atoms with van der Waals surface area (Å²) in [5.74, 6) is 0.173. The summed E-state index contributed by atoms with van der Waals surface area (Å²) in [5.41, 5.74) is 6.43. The highest BCUT2D eigenvalue weighted by Crippen LogP contribution is 2.26. The van der Waals surface area contributed by atoms with Gasteiger partial charge in [0, 0.05) is 0 Å². The van der Waals surface area contributed by atoms with Crippen molar-refractivity contribution in [1.29, 1.82) is 0 Å². The molecule has 0 unspecified atom stereocenters. The molecule has 2 aromatic rings. The van der Waals surface area contributed by atoms with Gasteiger partial charge in [0.15, 0.2) is 11.7 Å². The van der Waals surface area contributed by atoms with Crippen LogP contribution >= 0.6 is 28.1 Å². The van der Waals surface area contributed by atoms with Gasteiger partial charge in [0.25, 0.3) is 11.8 Å². The maximum absolute atomic E-state index is 12.6. The van der Waals surface area contributed by atoms with Gasteiger partial charge in [-0.05, 0) is 70.8 Å². The molecule has 9 heteroatoms. The number of amides is 2. The SMILES string of the molecule is CCCCCCOc1ccccc1C(=O)NC(=S)NNC(=O)COc1ccc(CC)cc1Br. The summed E-state index contributed by atoms with van der Waals surface area (Å²) in [7, 11) is 0. The highest BCUT2D eigenvalue weighted by Gasteiger charge is 2.14. The summed E-state index contributed by atoms with van der Waals surface area (Å²) in [4.78, 5) is 24.6. The molecule has 0 saturated heterocycles. The topological polar surface area (TPSA) is 88.7 Å². The molecule has 2 rings (SSSR count). The number of carbonyl (C=O) groups is 2. The van der Waals surface area contributed by atoms with Gasteiger partial charge in [-0.15, -0.1) is 0 Å². The van der Waals surface area contributed by atoms with E-state index in [4.69, 9.17) is 21.7 Å². The van der Waals surface area contributed by atoms with Crippen LogP contribution in [0, 0.1) is 0 Å². The number of aryl methyl sites for hydroxylation is 1. The van der Waals surface area contributed by atoms with Crippen molar-refractivity contribution in [3.05, 3.63) is 58.1 Å². The lowest BCUT2D eigenvalue weighted by atomic mass is 10.2. The number of nitrogens with one attached hydrogen (secondary N) is 3. The van der Waals surface area contributed by atoms with Crippen molar-refractivity contribution in [2.24, 2.45) is 0 Å². The fourth-order valence-corrected chi connectivity index (χ4v) is 3.56. The lowest BCUT2D eigenvalue weighted by Gasteiger charge is -2.14. The highest BCUT2D eigenvalue weighted by atomic mass is 79.9. The zero-order valence-corrected chi connectivity index (χ0v) is 21.3. The quantitative estimate of drug-likeness (QED) is 0.220. The molecule has 2 aromatic carbocycles. The van der Waals surface area contributed by atoms with Crippen molar-refractivity contribution >= 4 is 45.1 Å². The number of hydrogen-bond donors (Lipinski definition) is 3. The Hall–Kier alpha value is -2.65. The number of para-hydroxylation sites is 1. The van der Waals surface area contributed by atoms with Crippen LogP contribution < -0.4 is 25.6 Å². The monoisotopic (exact) mass is 535 g/mol. The number of ether oxygens (including phenoxy) is 2. The molecule has 0 saturated carbocycles. The van der Waals surface area contributed by atoms with E-state index >= 15 is 0 Å². The first kappa shape index (κ1) is 26.6. The summed E-state index contributed by atoms with van der Waals surface area (Å²) in [6.07, 6.45) is 5.22. The molecule has 0 aliphatic rings. The van der Waals surface area contributed by atoms with E-state index in [0.717, 1.165) is 42.1 Å². The first-order chi connectivity index (χ1) is 15.9. The number of unbranched alkanes of at least 4 members (excludes halogenated alkanes) is 3. The van der Waals surface area contributed by atoms with Gasteiger partial charge >= 0.3 is 0 Å². The van der Waals surface area contributed by atoms with E-state index < -0.39 is 11.8 Å². The molecule has 0 aliphatic carbocycles. The van der Waals surface area contributed by atoms with Crippen LogP contribution in [0.5, 0.6) is 11.5 Å². The van der Waals surface area contributed by atoms with Crippen LogP contribution in [0.4, 0.5) is 0 Å². The number of thiocarbonyl (C=S) groups is 1. The smallest absolute Gasteiger partial charge is 0.276 e. The van der Waals surface area contributed by atoms with Crippen LogP contribution in [-0.2, 0) is 11.2 Å². The van der Waals surface area contributed by atoms with Crippen molar-refractivity contribution < 1.29 is 19.1 Å². The van der Waals surface area contributed by atoms with Gasteiger partial charge in [0.2, 0.25) is 0 Å². The van der Waals surface area contributed by atoms with E-state index in [0.29, 0.717) is 23.7 Å². The van der Waals surface area contributed by atoms with Gasteiger partial charge in [0.1, 0.15) is 11.5 Å². The number of carbonyl (C=O) groups excluding carboxylic acids is 2. The standard InChI is InChI=1S/C24H30BrN3O4S/c1-3-5-6-9-14-31-20-11-8-7-10-18(20)23(30)26-24(33)28-27-22(29)16-32-21-13-12-17(4-2)15-19(21)25/h7-8,10-13,15H,3-6,9,14,16H2,1-2H3,(H,27,29)(H2,26,28,30,33). The van der Waals surface area contributed by atoms with Crippen LogP contribution in [-0.4, -0.2) is 30.1 Å². The minimum Gasteiger partial charge on any atom is -0.493 e. The van der Waals surface area contributed by atoms with Crippen LogP contribution in [0.2, 0.25) is 0 Å². The zero-order valence-electron chi connectivity index (χ0n) is 18.9. The first-order valence-corrected chi connectivity index (χ1v) is 12.2. The second-order valence-corrected chi connectivity index (χ2v) is 8.53. The maximum atomic E-state index is 12.6. The fourth-order valence-electron chi connectivity index (χ4n) is 2.88. The van der Waals surface area contributed by atoms with E-state index in [1.165, 1.54) is 0 Å². The van der Waals surface area contributed by atoms with Crippen LogP contribution in [0.25, 0.3) is 0 Å². The Kier molecular flexibility index (Phi) is 11.7. The molecule has 0 heterocycles. The molecule has 178 valence electrons. The third-order valence-electron chi connectivity index (χ3n) is 4.69. The molecule has 7 nitrogen and oxygen atoms in total. The Bertz CT molecular complexity index is 955. The number of halogens is 1. The summed E-state index contributed by atoms with van der Waals surface area (Å²) in [6.45, 7) is 4.53. The van der Waals surface area contributed by atoms with Crippen molar-refractivity contribution in [1.82, 2.24) is 16.2 Å². The molecule has 0 fully saturated rings. The van der Waals surface area contributed by atoms with E-state index in [2.05, 4.69) is 45.9 Å². The third-order valence-corrected chi connectivity index (χ3v) is 5.52. The van der Waals surface area contributed by atoms with Gasteiger partial charge in [0.05, 0.1) is 16.6 Å². The van der Waals surface area contributed by atoms with E-state index in [1.807, 2.05) is 18.2 Å². The van der Waals surface area contributed by atoms with Crippen molar-refractivity contribution in [2.75, 3.05) is 13.2 Å². The highest BCUT2D eigenvalue weighted by molar-refractivity contribution is 9.10. The molecule has 0 radical (unpaired) electrons. The van der Waals surface area contributed by atoms with E-state index in [1.54, 1.807) is 24.3 Å². The third kappa shape index (κ3) is 9.39. The molecule has 2 amide bonds. The second kappa shape index (κ2) is 14.5. The average molecular weight is 536 g/mol. The largest absolute Gasteiger partial charge is 0.493 e. The van der Waals surface area contributed by atoms with Crippen molar-refractivity contribution in [2.45, 2.75) is 46.0 Å². The summed E-state index contributed by atoms with van der Waals surface area (Å²) in [5, 5.41) is 2.49. The molecule has 0 spiro atoms. The van der Waals surface area contributed by atoms with Crippen LogP contribution in [0.1, 0.15) is 55.5 Å². The molecule has 0 aromatic heterocycles. The lowest BCUT2D eigenvalue weighted by Crippen LogP contribution is -2.49. The molecule has 0 bridgehead atoms. The predicted molar refractivity (Wildman–Crippen MR) is 136 cm³/mol. The molecule has 33 heavy (non-hydrogen) atoms. The van der Waals surface area contributed by atoms with Gasteiger partial charge in [-0.2, -0.15) is 0 Å². The fraction of sp³-hybridized carbons (Fsp3) is 0.375. The van der Waals surface area contributed by atoms with Crippen LogP contribution in [0.15, 0.2) is 46.9 Å². The molecular formula is C24H30BrN3O4S. The number of benzene rings is 2. The van der Waals surface area contributed by atoms with E-state index in [9.17, 15) is 9.59 Å². The Morgan fingerprint density at radius 1 is 0.970 bits per heavy atom. The molecule has 0 atom stereocenters. The summed E-state index contributed by atoms with van der Waals surface area (Å²) >= 11 is 8.54. The van der Waals surface area contributed by atoms with E-state index in [-0.39, 0.29) is 11.7 Å². The average Bonchev–Trinajstić information content (AvgIpc) is 2.82. The number of hydrazine groups is 1. The lowest BCUT2D eigenvalue weighted by molar-refractivity contribution is -0.123. The van der Waals surface area contributed by atoms with Crippen LogP contribution in [0.3, 0.4) is 0 Å². The number of rotatable bonds is 11. The number of hydrogen-bond acceptors (Lipinski definition) is 5. The Morgan fingerprint density at radius 2 is 1.76 bits per heavy atom.